The Bertz CT molecular complexity index is 1770. The Morgan fingerprint density at radius 3 is 2.45 bits per heavy atom. The van der Waals surface area contributed by atoms with Gasteiger partial charge in [0.15, 0.2) is 4.80 Å². The number of carbonyl (C=O) groups is 1. The summed E-state index contributed by atoms with van der Waals surface area (Å²) in [5.41, 5.74) is 3.56. The van der Waals surface area contributed by atoms with Gasteiger partial charge in [0.25, 0.3) is 5.56 Å². The molecule has 1 atom stereocenters. The van der Waals surface area contributed by atoms with Crippen LogP contribution in [0.4, 0.5) is 10.1 Å². The topological polar surface area (TPSA) is 82.4 Å². The summed E-state index contributed by atoms with van der Waals surface area (Å²) in [7, 11) is 3.08. The van der Waals surface area contributed by atoms with E-state index in [-0.39, 0.29) is 23.6 Å². The molecular weight excluding hydrogens is 557 g/mol. The van der Waals surface area contributed by atoms with E-state index in [1.54, 1.807) is 57.4 Å². The third-order valence-corrected chi connectivity index (χ3v) is 7.94. The molecule has 10 heteroatoms. The van der Waals surface area contributed by atoms with Crippen LogP contribution < -0.4 is 29.3 Å². The Labute approximate surface area is 248 Å². The largest absolute Gasteiger partial charge is 0.497 e. The molecule has 0 aliphatic carbocycles. The lowest BCUT2D eigenvalue weighted by Crippen LogP contribution is -2.40. The number of ether oxygens (including phenoxy) is 3. The molecule has 0 N–H and O–H groups in total. The molecule has 4 rings (SSSR count). The minimum absolute atomic E-state index is 0.173. The third kappa shape index (κ3) is 5.94. The minimum Gasteiger partial charge on any atom is -0.497 e. The quantitative estimate of drug-likeness (QED) is 0.317. The lowest BCUT2D eigenvalue weighted by Gasteiger charge is -2.26. The summed E-state index contributed by atoms with van der Waals surface area (Å²) in [6.45, 7) is 9.43. The first kappa shape index (κ1) is 30.5. The van der Waals surface area contributed by atoms with Crippen molar-refractivity contribution in [3.05, 3.63) is 108 Å². The molecule has 220 valence electrons. The Kier molecular flexibility index (Phi) is 9.47. The average molecular weight is 592 g/mol. The smallest absolute Gasteiger partial charge is 0.338 e. The average Bonchev–Trinajstić information content (AvgIpc) is 3.30. The van der Waals surface area contributed by atoms with E-state index in [0.29, 0.717) is 32.1 Å². The van der Waals surface area contributed by atoms with Gasteiger partial charge in [0.2, 0.25) is 0 Å². The molecule has 2 heterocycles. The van der Waals surface area contributed by atoms with Crippen molar-refractivity contribution in [3.8, 4) is 11.5 Å². The summed E-state index contributed by atoms with van der Waals surface area (Å²) in [5, 5.41) is 0. The number of nitrogens with zero attached hydrogens (tertiary/aromatic N) is 3. The number of anilines is 1. The number of rotatable bonds is 9. The van der Waals surface area contributed by atoms with Gasteiger partial charge >= 0.3 is 5.97 Å². The van der Waals surface area contributed by atoms with Gasteiger partial charge in [-0.1, -0.05) is 17.4 Å². The van der Waals surface area contributed by atoms with Crippen LogP contribution in [0.1, 0.15) is 46.2 Å². The van der Waals surface area contributed by atoms with Crippen molar-refractivity contribution in [2.24, 2.45) is 4.99 Å². The summed E-state index contributed by atoms with van der Waals surface area (Å²) in [6.07, 6.45) is 5.53. The number of halogens is 1. The zero-order valence-corrected chi connectivity index (χ0v) is 25.5. The summed E-state index contributed by atoms with van der Waals surface area (Å²) in [6, 6.07) is 10.7. The molecule has 8 nitrogen and oxygen atoms in total. The van der Waals surface area contributed by atoms with Crippen LogP contribution in [-0.4, -0.2) is 31.4 Å². The number of benzene rings is 2. The molecule has 0 radical (unpaired) electrons. The van der Waals surface area contributed by atoms with E-state index in [9.17, 15) is 14.0 Å². The lowest BCUT2D eigenvalue weighted by atomic mass is 9.95. The summed E-state index contributed by atoms with van der Waals surface area (Å²) >= 11 is 1.23. The number of carbonyl (C=O) groups excluding carboxylic acids is 1. The minimum atomic E-state index is -0.825. The zero-order valence-electron chi connectivity index (χ0n) is 24.7. The molecule has 0 saturated carbocycles. The van der Waals surface area contributed by atoms with Crippen LogP contribution in [-0.2, 0) is 9.53 Å². The van der Waals surface area contributed by atoms with E-state index in [4.69, 9.17) is 14.2 Å². The van der Waals surface area contributed by atoms with Crippen LogP contribution in [0.25, 0.3) is 6.08 Å². The second kappa shape index (κ2) is 13.0. The number of allylic oxidation sites excluding steroid dienone is 5. The van der Waals surface area contributed by atoms with Crippen LogP contribution in [0.2, 0.25) is 0 Å². The van der Waals surface area contributed by atoms with E-state index < -0.39 is 12.0 Å². The fourth-order valence-electron chi connectivity index (χ4n) is 4.82. The van der Waals surface area contributed by atoms with Gasteiger partial charge in [-0.15, -0.1) is 0 Å². The molecule has 3 aromatic rings. The molecule has 42 heavy (non-hydrogen) atoms. The van der Waals surface area contributed by atoms with E-state index in [0.717, 1.165) is 17.1 Å². The highest BCUT2D eigenvalue weighted by molar-refractivity contribution is 7.07. The van der Waals surface area contributed by atoms with Gasteiger partial charge in [0.05, 0.1) is 36.6 Å². The molecule has 1 aliphatic heterocycles. The molecule has 0 amide bonds. The van der Waals surface area contributed by atoms with Gasteiger partial charge in [-0.05, 0) is 83.2 Å². The first-order chi connectivity index (χ1) is 20.1. The van der Waals surface area contributed by atoms with Gasteiger partial charge in [-0.25, -0.2) is 14.2 Å². The molecular formula is C32H34FN3O5S. The predicted molar refractivity (Wildman–Crippen MR) is 163 cm³/mol. The number of hydrogen-bond donors (Lipinski definition) is 0. The van der Waals surface area contributed by atoms with Crippen molar-refractivity contribution < 1.29 is 23.4 Å². The molecule has 0 bridgehead atoms. The van der Waals surface area contributed by atoms with Crippen molar-refractivity contribution in [2.75, 3.05) is 25.7 Å². The molecule has 2 aromatic carbocycles. The van der Waals surface area contributed by atoms with E-state index in [1.807, 2.05) is 37.8 Å². The zero-order chi connectivity index (χ0) is 30.6. The number of thiazole rings is 1. The first-order valence-corrected chi connectivity index (χ1v) is 14.2. The van der Waals surface area contributed by atoms with Gasteiger partial charge in [0, 0.05) is 28.7 Å². The van der Waals surface area contributed by atoms with Crippen molar-refractivity contribution in [2.45, 2.75) is 40.7 Å². The monoisotopic (exact) mass is 591 g/mol. The highest BCUT2D eigenvalue weighted by Gasteiger charge is 2.35. The molecule has 0 fully saturated rings. The first-order valence-electron chi connectivity index (χ1n) is 13.4. The molecule has 1 aliphatic rings. The molecule has 0 saturated heterocycles. The van der Waals surface area contributed by atoms with Crippen LogP contribution in [0.5, 0.6) is 11.5 Å². The fraction of sp³-hybridized carbons (Fsp3) is 0.281. The number of esters is 1. The molecule has 0 spiro atoms. The maximum Gasteiger partial charge on any atom is 0.338 e. The Morgan fingerprint density at radius 2 is 1.83 bits per heavy atom. The Balaban J connectivity index is 1.90. The number of hydrogen-bond acceptors (Lipinski definition) is 8. The summed E-state index contributed by atoms with van der Waals surface area (Å²) in [4.78, 5) is 34.2. The highest BCUT2D eigenvalue weighted by atomic mass is 32.1. The van der Waals surface area contributed by atoms with Crippen molar-refractivity contribution in [1.82, 2.24) is 4.57 Å². The van der Waals surface area contributed by atoms with Crippen LogP contribution in [0, 0.1) is 5.82 Å². The fourth-order valence-corrected chi connectivity index (χ4v) is 5.81. The number of fused-ring (bicyclic) bond motifs is 1. The summed E-state index contributed by atoms with van der Waals surface area (Å²) in [5.74, 6) is 0.158. The standard InChI is InChI=1S/C32H34FN3O5S/c1-8-19(3)35(23-13-11-22(33)12-14-23)20(4)10-17-27-30(37)36-29(25-16-15-24(39-6)18-26(25)40-7)28(31(38)41-9-2)21(5)34-32(36)42-27/h8,10-18,29H,9H2,1-7H3. The van der Waals surface area contributed by atoms with Crippen molar-refractivity contribution in [1.29, 1.82) is 0 Å². The van der Waals surface area contributed by atoms with Gasteiger partial charge in [0.1, 0.15) is 23.4 Å². The second-order valence-electron chi connectivity index (χ2n) is 9.48. The normalized spacial score (nSPS) is 15.7. The maximum absolute atomic E-state index is 14.0. The number of methoxy groups -OCH3 is 2. The summed E-state index contributed by atoms with van der Waals surface area (Å²) < 4.78 is 32.0. The van der Waals surface area contributed by atoms with Gasteiger partial charge in [-0.2, -0.15) is 0 Å². The van der Waals surface area contributed by atoms with E-state index >= 15 is 0 Å². The van der Waals surface area contributed by atoms with Crippen molar-refractivity contribution >= 4 is 29.1 Å². The van der Waals surface area contributed by atoms with Crippen molar-refractivity contribution in [3.63, 3.8) is 0 Å². The van der Waals surface area contributed by atoms with E-state index in [2.05, 4.69) is 4.99 Å². The number of aromatic nitrogens is 1. The SMILES string of the molecule is CC=C(C)N(C(C)=CC=c1sc2n(c1=O)C(c1ccc(OC)cc1OC)C(C(=O)OCC)=C(C)N=2)c1ccc(F)cc1. The third-order valence-electron chi connectivity index (χ3n) is 6.94. The van der Waals surface area contributed by atoms with E-state index in [1.165, 1.54) is 35.1 Å². The highest BCUT2D eigenvalue weighted by Crippen LogP contribution is 2.37. The van der Waals surface area contributed by atoms with Crippen LogP contribution in [0.15, 0.2) is 87.1 Å². The Hall–Kier alpha value is -4.44. The Morgan fingerprint density at radius 1 is 1.12 bits per heavy atom. The molecule has 1 unspecified atom stereocenters. The maximum atomic E-state index is 14.0. The second-order valence-corrected chi connectivity index (χ2v) is 10.5. The van der Waals surface area contributed by atoms with Gasteiger partial charge < -0.3 is 19.1 Å². The molecule has 1 aromatic heterocycles. The predicted octanol–water partition coefficient (Wildman–Crippen LogP) is 5.24. The van der Waals surface area contributed by atoms with Crippen LogP contribution >= 0.6 is 11.3 Å². The lowest BCUT2D eigenvalue weighted by molar-refractivity contribution is -0.139. The van der Waals surface area contributed by atoms with Crippen LogP contribution in [0.3, 0.4) is 0 Å². The van der Waals surface area contributed by atoms with Gasteiger partial charge in [-0.3, -0.25) is 9.36 Å².